The van der Waals surface area contributed by atoms with Crippen molar-refractivity contribution in [3.63, 3.8) is 0 Å². The molecular formula is C12H16N4OS. The number of para-hydroxylation sites is 1. The van der Waals surface area contributed by atoms with E-state index in [1.807, 2.05) is 31.2 Å². The number of benzene rings is 1. The van der Waals surface area contributed by atoms with Gasteiger partial charge in [0.25, 0.3) is 0 Å². The highest BCUT2D eigenvalue weighted by Gasteiger charge is 2.14. The van der Waals surface area contributed by atoms with Crippen molar-refractivity contribution in [3.05, 3.63) is 24.3 Å². The third-order valence-electron chi connectivity index (χ3n) is 2.67. The molecule has 0 amide bonds. The Hall–Kier alpha value is -1.37. The van der Waals surface area contributed by atoms with E-state index < -0.39 is 6.10 Å². The van der Waals surface area contributed by atoms with Gasteiger partial charge in [0.2, 0.25) is 5.95 Å². The van der Waals surface area contributed by atoms with Crippen LogP contribution in [-0.2, 0) is 0 Å². The number of rotatable bonds is 4. The van der Waals surface area contributed by atoms with Crippen molar-refractivity contribution in [2.75, 3.05) is 5.43 Å². The third kappa shape index (κ3) is 2.72. The number of aliphatic hydroxyl groups excluding tert-OH is 1. The maximum atomic E-state index is 9.58. The summed E-state index contributed by atoms with van der Waals surface area (Å²) in [6.07, 6.45) is -0.405. The molecule has 96 valence electrons. The molecule has 1 aromatic carbocycles. The molecule has 0 saturated heterocycles. The smallest absolute Gasteiger partial charge is 0.238 e. The summed E-state index contributed by atoms with van der Waals surface area (Å²) >= 11 is 1.51. The number of hydrazine groups is 1. The quantitative estimate of drug-likeness (QED) is 0.338. The number of aromatic nitrogens is 2. The number of nitrogens with two attached hydrogens (primary N) is 1. The van der Waals surface area contributed by atoms with Crippen LogP contribution in [0.4, 0.5) is 5.95 Å². The zero-order valence-corrected chi connectivity index (χ0v) is 11.1. The molecular weight excluding hydrogens is 248 g/mol. The number of thioether (sulfide) groups is 1. The van der Waals surface area contributed by atoms with Crippen molar-refractivity contribution in [2.45, 2.75) is 30.2 Å². The fraction of sp³-hybridized carbons (Fsp3) is 0.333. The van der Waals surface area contributed by atoms with Crippen LogP contribution in [0.15, 0.2) is 29.3 Å². The summed E-state index contributed by atoms with van der Waals surface area (Å²) in [5, 5.41) is 11.4. The van der Waals surface area contributed by atoms with Crippen molar-refractivity contribution in [1.29, 1.82) is 0 Å². The first kappa shape index (κ1) is 13.1. The normalized spacial score (nSPS) is 14.4. The van der Waals surface area contributed by atoms with Crippen molar-refractivity contribution in [1.82, 2.24) is 9.97 Å². The second-order valence-electron chi connectivity index (χ2n) is 4.08. The lowest BCUT2D eigenvalue weighted by Gasteiger charge is -2.15. The summed E-state index contributed by atoms with van der Waals surface area (Å²) < 4.78 is 0. The van der Waals surface area contributed by atoms with E-state index in [9.17, 15) is 5.11 Å². The summed E-state index contributed by atoms with van der Waals surface area (Å²) in [5.74, 6) is 5.75. The number of fused-ring (bicyclic) bond motifs is 1. The van der Waals surface area contributed by atoms with Crippen LogP contribution in [0.5, 0.6) is 0 Å². The number of hydrogen-bond acceptors (Lipinski definition) is 6. The lowest BCUT2D eigenvalue weighted by molar-refractivity contribution is 0.196. The van der Waals surface area contributed by atoms with E-state index >= 15 is 0 Å². The Bertz CT molecular complexity index is 547. The highest BCUT2D eigenvalue weighted by Crippen LogP contribution is 2.30. The van der Waals surface area contributed by atoms with Crippen LogP contribution < -0.4 is 11.3 Å². The summed E-state index contributed by atoms with van der Waals surface area (Å²) in [6.45, 7) is 3.73. The Labute approximate surface area is 110 Å². The van der Waals surface area contributed by atoms with Crippen molar-refractivity contribution in [2.24, 2.45) is 5.84 Å². The molecule has 4 N–H and O–H groups in total. The lowest BCUT2D eigenvalue weighted by atomic mass is 10.2. The Balaban J connectivity index is 2.47. The maximum absolute atomic E-state index is 9.58. The van der Waals surface area contributed by atoms with E-state index in [1.165, 1.54) is 11.8 Å². The molecule has 0 aliphatic carbocycles. The minimum atomic E-state index is -0.405. The molecule has 18 heavy (non-hydrogen) atoms. The standard InChI is InChI=1S/C12H16N4OS/c1-7(17)8(2)18-11-9-5-3-4-6-10(9)14-12(15-11)16-13/h3-8,17H,13H2,1-2H3,(H,14,15,16). The third-order valence-corrected chi connectivity index (χ3v) is 3.97. The molecule has 0 aliphatic rings. The van der Waals surface area contributed by atoms with E-state index in [0.717, 1.165) is 15.9 Å². The molecule has 0 saturated carbocycles. The van der Waals surface area contributed by atoms with Crippen LogP contribution in [0.1, 0.15) is 13.8 Å². The van der Waals surface area contributed by atoms with Crippen LogP contribution in [0, 0.1) is 0 Å². The number of anilines is 1. The van der Waals surface area contributed by atoms with Gasteiger partial charge in [-0.25, -0.2) is 15.8 Å². The monoisotopic (exact) mass is 264 g/mol. The Morgan fingerprint density at radius 3 is 2.67 bits per heavy atom. The first-order valence-corrected chi connectivity index (χ1v) is 6.58. The van der Waals surface area contributed by atoms with Gasteiger partial charge in [0.05, 0.1) is 11.6 Å². The first-order valence-electron chi connectivity index (χ1n) is 5.70. The summed E-state index contributed by atoms with van der Waals surface area (Å²) in [6, 6.07) is 7.74. The van der Waals surface area contributed by atoms with Crippen LogP contribution in [0.3, 0.4) is 0 Å². The molecule has 1 heterocycles. The van der Waals surface area contributed by atoms with Crippen molar-refractivity contribution < 1.29 is 5.11 Å². The summed E-state index contributed by atoms with van der Waals surface area (Å²) in [7, 11) is 0. The van der Waals surface area contributed by atoms with Gasteiger partial charge in [0.15, 0.2) is 0 Å². The second kappa shape index (κ2) is 5.51. The van der Waals surface area contributed by atoms with Gasteiger partial charge >= 0.3 is 0 Å². The molecule has 2 unspecified atom stereocenters. The highest BCUT2D eigenvalue weighted by molar-refractivity contribution is 8.00. The van der Waals surface area contributed by atoms with Gasteiger partial charge in [0, 0.05) is 10.6 Å². The van der Waals surface area contributed by atoms with E-state index in [2.05, 4.69) is 15.4 Å². The number of aliphatic hydroxyl groups is 1. The van der Waals surface area contributed by atoms with Gasteiger partial charge in [-0.1, -0.05) is 36.9 Å². The molecule has 2 rings (SSSR count). The summed E-state index contributed by atoms with van der Waals surface area (Å²) in [4.78, 5) is 8.63. The molecule has 0 aliphatic heterocycles. The molecule has 2 aromatic rings. The first-order chi connectivity index (χ1) is 8.61. The molecule has 1 aromatic heterocycles. The predicted octanol–water partition coefficient (Wildman–Crippen LogP) is 1.78. The molecule has 0 radical (unpaired) electrons. The topological polar surface area (TPSA) is 84.1 Å². The SMILES string of the molecule is CC(O)C(C)Sc1nc(NN)nc2ccccc12. The number of nitrogens with zero attached hydrogens (tertiary/aromatic N) is 2. The minimum absolute atomic E-state index is 0.0499. The van der Waals surface area contributed by atoms with Gasteiger partial charge in [-0.3, -0.25) is 5.43 Å². The van der Waals surface area contributed by atoms with Gasteiger partial charge in [-0.2, -0.15) is 0 Å². The zero-order chi connectivity index (χ0) is 13.1. The zero-order valence-electron chi connectivity index (χ0n) is 10.3. The average Bonchev–Trinajstić information content (AvgIpc) is 2.38. The van der Waals surface area contributed by atoms with E-state index in [1.54, 1.807) is 6.92 Å². The molecule has 6 heteroatoms. The van der Waals surface area contributed by atoms with Crippen molar-refractivity contribution >= 4 is 28.6 Å². The number of hydrogen-bond donors (Lipinski definition) is 3. The van der Waals surface area contributed by atoms with E-state index in [-0.39, 0.29) is 5.25 Å². The molecule has 5 nitrogen and oxygen atoms in total. The lowest BCUT2D eigenvalue weighted by Crippen LogP contribution is -2.16. The summed E-state index contributed by atoms with van der Waals surface area (Å²) in [5.41, 5.74) is 3.30. The Morgan fingerprint density at radius 1 is 1.28 bits per heavy atom. The molecule has 0 bridgehead atoms. The van der Waals surface area contributed by atoms with Gasteiger partial charge in [-0.15, -0.1) is 0 Å². The van der Waals surface area contributed by atoms with Crippen LogP contribution in [0.2, 0.25) is 0 Å². The Kier molecular flexibility index (Phi) is 4.00. The van der Waals surface area contributed by atoms with Gasteiger partial charge in [-0.05, 0) is 13.0 Å². The van der Waals surface area contributed by atoms with Crippen molar-refractivity contribution in [3.8, 4) is 0 Å². The van der Waals surface area contributed by atoms with Crippen LogP contribution >= 0.6 is 11.8 Å². The fourth-order valence-electron chi connectivity index (χ4n) is 1.48. The van der Waals surface area contributed by atoms with Gasteiger partial charge in [0.1, 0.15) is 5.03 Å². The van der Waals surface area contributed by atoms with Gasteiger partial charge < -0.3 is 5.11 Å². The highest BCUT2D eigenvalue weighted by atomic mass is 32.2. The Morgan fingerprint density at radius 2 is 2.00 bits per heavy atom. The largest absolute Gasteiger partial charge is 0.392 e. The molecule has 2 atom stereocenters. The number of nitrogen functional groups attached to an aromatic ring is 1. The van der Waals surface area contributed by atoms with Crippen LogP contribution in [-0.4, -0.2) is 26.4 Å². The van der Waals surface area contributed by atoms with Crippen LogP contribution in [0.25, 0.3) is 10.9 Å². The minimum Gasteiger partial charge on any atom is -0.392 e. The van der Waals surface area contributed by atoms with E-state index in [0.29, 0.717) is 5.95 Å². The molecule has 0 spiro atoms. The average molecular weight is 264 g/mol. The predicted molar refractivity (Wildman–Crippen MR) is 74.3 cm³/mol. The number of nitrogens with one attached hydrogen (secondary N) is 1. The maximum Gasteiger partial charge on any atom is 0.238 e. The van der Waals surface area contributed by atoms with E-state index in [4.69, 9.17) is 5.84 Å². The molecule has 0 fully saturated rings. The second-order valence-corrected chi connectivity index (χ2v) is 5.44. The fourth-order valence-corrected chi connectivity index (χ4v) is 2.46.